The lowest BCUT2D eigenvalue weighted by Gasteiger charge is -2.14. The summed E-state index contributed by atoms with van der Waals surface area (Å²) in [6, 6.07) is 16.5. The molecule has 0 aromatic heterocycles. The second-order valence-electron chi connectivity index (χ2n) is 5.16. The van der Waals surface area contributed by atoms with Crippen LogP contribution in [0.2, 0.25) is 0 Å². The predicted octanol–water partition coefficient (Wildman–Crippen LogP) is 3.04. The van der Waals surface area contributed by atoms with Crippen LogP contribution in [0.4, 0.5) is 0 Å². The van der Waals surface area contributed by atoms with Gasteiger partial charge in [0, 0.05) is 13.0 Å². The summed E-state index contributed by atoms with van der Waals surface area (Å²) in [7, 11) is 0. The Morgan fingerprint density at radius 2 is 1.68 bits per heavy atom. The maximum Gasteiger partial charge on any atom is 0.333 e. The number of rotatable bonds is 8. The van der Waals surface area contributed by atoms with Gasteiger partial charge in [0.15, 0.2) is 6.10 Å². The third kappa shape index (κ3) is 5.22. The number of aromatic hydroxyl groups is 1. The second-order valence-corrected chi connectivity index (χ2v) is 5.16. The van der Waals surface area contributed by atoms with Crippen LogP contribution < -0.4 is 0 Å². The Kier molecular flexibility index (Phi) is 5.98. The molecule has 0 fully saturated rings. The van der Waals surface area contributed by atoms with E-state index in [1.54, 1.807) is 24.3 Å². The number of hydrogen-bond donors (Lipinski definition) is 2. The van der Waals surface area contributed by atoms with Crippen molar-refractivity contribution in [3.05, 3.63) is 65.7 Å². The molecule has 1 atom stereocenters. The van der Waals surface area contributed by atoms with E-state index in [1.807, 2.05) is 30.3 Å². The van der Waals surface area contributed by atoms with Crippen molar-refractivity contribution in [1.82, 2.24) is 0 Å². The molecular formula is C18H20O4. The monoisotopic (exact) mass is 300 g/mol. The standard InChI is InChI=1S/C18H20O4/c19-16-10-8-15(9-11-16)13-17(18(20)21)22-12-4-7-14-5-2-1-3-6-14/h1-3,5-6,8-11,17,19H,4,7,12-13H2,(H,20,21). The summed E-state index contributed by atoms with van der Waals surface area (Å²) in [6.07, 6.45) is 1.08. The fraction of sp³-hybridized carbons (Fsp3) is 0.278. The summed E-state index contributed by atoms with van der Waals surface area (Å²) in [5.41, 5.74) is 2.05. The maximum atomic E-state index is 11.3. The van der Waals surface area contributed by atoms with Crippen LogP contribution in [0.1, 0.15) is 17.5 Å². The molecule has 1 unspecified atom stereocenters. The van der Waals surface area contributed by atoms with Gasteiger partial charge in [-0.15, -0.1) is 0 Å². The highest BCUT2D eigenvalue weighted by molar-refractivity contribution is 5.72. The van der Waals surface area contributed by atoms with Crippen LogP contribution in [0, 0.1) is 0 Å². The van der Waals surface area contributed by atoms with Gasteiger partial charge in [0.2, 0.25) is 0 Å². The average Bonchev–Trinajstić information content (AvgIpc) is 2.53. The highest BCUT2D eigenvalue weighted by Crippen LogP contribution is 2.13. The number of carboxylic acids is 1. The van der Waals surface area contributed by atoms with E-state index in [-0.39, 0.29) is 5.75 Å². The van der Waals surface area contributed by atoms with Gasteiger partial charge in [-0.1, -0.05) is 42.5 Å². The number of carbonyl (C=O) groups is 1. The zero-order valence-electron chi connectivity index (χ0n) is 12.3. The first-order valence-electron chi connectivity index (χ1n) is 7.31. The Balaban J connectivity index is 1.79. The minimum atomic E-state index is -0.965. The number of aryl methyl sites for hydroxylation is 1. The Morgan fingerprint density at radius 1 is 1.00 bits per heavy atom. The van der Waals surface area contributed by atoms with E-state index in [9.17, 15) is 15.0 Å². The first kappa shape index (κ1) is 16.0. The summed E-state index contributed by atoms with van der Waals surface area (Å²) in [5.74, 6) is -0.799. The molecule has 0 bridgehead atoms. The van der Waals surface area contributed by atoms with Gasteiger partial charge in [-0.05, 0) is 36.1 Å². The number of aliphatic carboxylic acids is 1. The number of benzene rings is 2. The molecule has 0 spiro atoms. The summed E-state index contributed by atoms with van der Waals surface area (Å²) in [5, 5.41) is 18.5. The molecule has 2 aromatic carbocycles. The van der Waals surface area contributed by atoms with E-state index in [0.717, 1.165) is 18.4 Å². The predicted molar refractivity (Wildman–Crippen MR) is 83.9 cm³/mol. The number of ether oxygens (including phenoxy) is 1. The molecule has 2 N–H and O–H groups in total. The third-order valence-corrected chi connectivity index (χ3v) is 3.40. The SMILES string of the molecule is O=C(O)C(Cc1ccc(O)cc1)OCCCc1ccccc1. The molecule has 4 heteroatoms. The van der Waals surface area contributed by atoms with E-state index in [2.05, 4.69) is 0 Å². The van der Waals surface area contributed by atoms with Crippen molar-refractivity contribution in [2.45, 2.75) is 25.4 Å². The summed E-state index contributed by atoms with van der Waals surface area (Å²) < 4.78 is 5.50. The first-order chi connectivity index (χ1) is 10.6. The van der Waals surface area contributed by atoms with Gasteiger partial charge in [0.25, 0.3) is 0 Å². The molecule has 0 heterocycles. The first-order valence-corrected chi connectivity index (χ1v) is 7.31. The molecule has 0 amide bonds. The Hall–Kier alpha value is -2.33. The van der Waals surface area contributed by atoms with E-state index in [0.29, 0.717) is 13.0 Å². The Bertz CT molecular complexity index is 578. The number of carboxylic acid groups (broad SMARTS) is 1. The molecule has 2 rings (SSSR count). The van der Waals surface area contributed by atoms with Gasteiger partial charge in [-0.25, -0.2) is 4.79 Å². The number of hydrogen-bond acceptors (Lipinski definition) is 3. The lowest BCUT2D eigenvalue weighted by molar-refractivity contribution is -0.150. The van der Waals surface area contributed by atoms with Crippen molar-refractivity contribution < 1.29 is 19.7 Å². The van der Waals surface area contributed by atoms with Crippen LogP contribution in [0.25, 0.3) is 0 Å². The highest BCUT2D eigenvalue weighted by Gasteiger charge is 2.18. The van der Waals surface area contributed by atoms with Gasteiger partial charge in [-0.2, -0.15) is 0 Å². The molecular weight excluding hydrogens is 280 g/mol. The van der Waals surface area contributed by atoms with E-state index >= 15 is 0 Å². The van der Waals surface area contributed by atoms with Crippen LogP contribution in [0.15, 0.2) is 54.6 Å². The molecule has 4 nitrogen and oxygen atoms in total. The molecule has 0 saturated carbocycles. The Labute approximate surface area is 130 Å². The summed E-state index contributed by atoms with van der Waals surface area (Å²) >= 11 is 0. The van der Waals surface area contributed by atoms with Crippen molar-refractivity contribution in [2.75, 3.05) is 6.61 Å². The lowest BCUT2D eigenvalue weighted by Crippen LogP contribution is -2.27. The van der Waals surface area contributed by atoms with E-state index in [1.165, 1.54) is 5.56 Å². The molecule has 0 aliphatic carbocycles. The Morgan fingerprint density at radius 3 is 2.32 bits per heavy atom. The van der Waals surface area contributed by atoms with Gasteiger partial charge >= 0.3 is 5.97 Å². The van der Waals surface area contributed by atoms with Crippen molar-refractivity contribution >= 4 is 5.97 Å². The van der Waals surface area contributed by atoms with Gasteiger partial charge in [0.1, 0.15) is 5.75 Å². The topological polar surface area (TPSA) is 66.8 Å². The summed E-state index contributed by atoms with van der Waals surface area (Å²) in [4.78, 5) is 11.3. The number of phenolic OH excluding ortho intramolecular Hbond substituents is 1. The zero-order valence-corrected chi connectivity index (χ0v) is 12.3. The largest absolute Gasteiger partial charge is 0.508 e. The third-order valence-electron chi connectivity index (χ3n) is 3.40. The highest BCUT2D eigenvalue weighted by atomic mass is 16.5. The number of phenols is 1. The maximum absolute atomic E-state index is 11.3. The summed E-state index contributed by atoms with van der Waals surface area (Å²) in [6.45, 7) is 0.407. The van der Waals surface area contributed by atoms with Crippen molar-refractivity contribution in [2.24, 2.45) is 0 Å². The van der Waals surface area contributed by atoms with Crippen LogP contribution in [0.5, 0.6) is 5.75 Å². The molecule has 0 aliphatic heterocycles. The van der Waals surface area contributed by atoms with Gasteiger partial charge in [-0.3, -0.25) is 0 Å². The average molecular weight is 300 g/mol. The van der Waals surface area contributed by atoms with E-state index < -0.39 is 12.1 Å². The normalized spacial score (nSPS) is 12.0. The lowest BCUT2D eigenvalue weighted by atomic mass is 10.1. The molecule has 22 heavy (non-hydrogen) atoms. The van der Waals surface area contributed by atoms with Crippen molar-refractivity contribution in [1.29, 1.82) is 0 Å². The molecule has 0 radical (unpaired) electrons. The van der Waals surface area contributed by atoms with Crippen LogP contribution in [0.3, 0.4) is 0 Å². The molecule has 2 aromatic rings. The second kappa shape index (κ2) is 8.20. The molecule has 116 valence electrons. The minimum Gasteiger partial charge on any atom is -0.508 e. The van der Waals surface area contributed by atoms with Crippen molar-refractivity contribution in [3.63, 3.8) is 0 Å². The zero-order chi connectivity index (χ0) is 15.8. The van der Waals surface area contributed by atoms with Crippen LogP contribution in [-0.2, 0) is 22.4 Å². The van der Waals surface area contributed by atoms with Gasteiger partial charge < -0.3 is 14.9 Å². The fourth-order valence-electron chi connectivity index (χ4n) is 2.21. The van der Waals surface area contributed by atoms with Gasteiger partial charge in [0.05, 0.1) is 0 Å². The smallest absolute Gasteiger partial charge is 0.333 e. The molecule has 0 aliphatic rings. The quantitative estimate of drug-likeness (QED) is 0.735. The van der Waals surface area contributed by atoms with E-state index in [4.69, 9.17) is 4.74 Å². The fourth-order valence-corrected chi connectivity index (χ4v) is 2.21. The molecule has 0 saturated heterocycles. The van der Waals surface area contributed by atoms with Crippen molar-refractivity contribution in [3.8, 4) is 5.75 Å². The van der Waals surface area contributed by atoms with Crippen LogP contribution >= 0.6 is 0 Å². The minimum absolute atomic E-state index is 0.166. The van der Waals surface area contributed by atoms with Crippen LogP contribution in [-0.4, -0.2) is 28.9 Å².